The molecular formula is C14H19NO3. The van der Waals surface area contributed by atoms with Gasteiger partial charge in [0.25, 0.3) is 0 Å². The molecule has 4 heteroatoms. The summed E-state index contributed by atoms with van der Waals surface area (Å²) in [4.78, 5) is 11.3. The monoisotopic (exact) mass is 249 g/mol. The smallest absolute Gasteiger partial charge is 0.435 e. The van der Waals surface area contributed by atoms with Crippen molar-refractivity contribution in [2.75, 3.05) is 13.2 Å². The maximum atomic E-state index is 11.3. The van der Waals surface area contributed by atoms with Crippen molar-refractivity contribution in [3.8, 4) is 0 Å². The maximum Gasteiger partial charge on any atom is 0.508 e. The summed E-state index contributed by atoms with van der Waals surface area (Å²) in [5.74, 6) is 0. The van der Waals surface area contributed by atoms with E-state index in [-0.39, 0.29) is 11.6 Å². The van der Waals surface area contributed by atoms with E-state index in [9.17, 15) is 4.79 Å². The average molecular weight is 249 g/mol. The van der Waals surface area contributed by atoms with Crippen LogP contribution >= 0.6 is 0 Å². The van der Waals surface area contributed by atoms with Crippen molar-refractivity contribution in [2.24, 2.45) is 0 Å². The van der Waals surface area contributed by atoms with E-state index in [4.69, 9.17) is 9.47 Å². The Hall–Kier alpha value is -1.55. The van der Waals surface area contributed by atoms with E-state index in [1.807, 2.05) is 18.2 Å². The molecule has 0 bridgehead atoms. The van der Waals surface area contributed by atoms with Crippen LogP contribution in [0.25, 0.3) is 0 Å². The van der Waals surface area contributed by atoms with Crippen LogP contribution in [0.3, 0.4) is 0 Å². The third kappa shape index (κ3) is 2.82. The van der Waals surface area contributed by atoms with E-state index < -0.39 is 6.16 Å². The second-order valence-corrected chi connectivity index (χ2v) is 4.71. The highest BCUT2D eigenvalue weighted by Gasteiger charge is 2.38. The molecule has 1 N–H and O–H groups in total. The first-order chi connectivity index (χ1) is 8.64. The fraction of sp³-hybridized carbons (Fsp3) is 0.500. The van der Waals surface area contributed by atoms with Crippen LogP contribution in [0.15, 0.2) is 30.3 Å². The molecule has 0 saturated carbocycles. The summed E-state index contributed by atoms with van der Waals surface area (Å²) >= 11 is 0. The van der Waals surface area contributed by atoms with Crippen LogP contribution in [0.4, 0.5) is 4.79 Å². The lowest BCUT2D eigenvalue weighted by Gasteiger charge is -2.24. The zero-order valence-corrected chi connectivity index (χ0v) is 10.8. The van der Waals surface area contributed by atoms with Crippen molar-refractivity contribution >= 4 is 6.16 Å². The lowest BCUT2D eigenvalue weighted by molar-refractivity contribution is 0.0307. The molecule has 1 aromatic carbocycles. The lowest BCUT2D eigenvalue weighted by atomic mass is 9.90. The Morgan fingerprint density at radius 3 is 2.83 bits per heavy atom. The molecule has 0 aromatic heterocycles. The van der Waals surface area contributed by atoms with Gasteiger partial charge >= 0.3 is 6.16 Å². The van der Waals surface area contributed by atoms with Crippen molar-refractivity contribution in [3.05, 3.63) is 35.9 Å². The first kappa shape index (κ1) is 12.9. The molecule has 1 unspecified atom stereocenters. The molecule has 0 spiro atoms. The number of ether oxygens (including phenoxy) is 2. The van der Waals surface area contributed by atoms with Crippen molar-refractivity contribution < 1.29 is 14.3 Å². The van der Waals surface area contributed by atoms with Gasteiger partial charge in [0.1, 0.15) is 6.10 Å². The summed E-state index contributed by atoms with van der Waals surface area (Å²) in [5, 5.41) is 3.41. The van der Waals surface area contributed by atoms with Gasteiger partial charge in [0, 0.05) is 18.5 Å². The first-order valence-corrected chi connectivity index (χ1v) is 6.28. The van der Waals surface area contributed by atoms with Crippen molar-refractivity contribution in [2.45, 2.75) is 31.9 Å². The first-order valence-electron chi connectivity index (χ1n) is 6.28. The fourth-order valence-electron chi connectivity index (χ4n) is 2.34. The van der Waals surface area contributed by atoms with Gasteiger partial charge in [-0.3, -0.25) is 0 Å². The predicted molar refractivity (Wildman–Crippen MR) is 68.3 cm³/mol. The minimum Gasteiger partial charge on any atom is -0.435 e. The number of nitrogens with one attached hydrogen (secondary N) is 1. The van der Waals surface area contributed by atoms with Gasteiger partial charge in [-0.25, -0.2) is 4.79 Å². The normalized spacial score (nSPS) is 26.9. The zero-order valence-electron chi connectivity index (χ0n) is 10.8. The summed E-state index contributed by atoms with van der Waals surface area (Å²) in [5.41, 5.74) is 1.07. The Morgan fingerprint density at radius 2 is 2.17 bits per heavy atom. The molecule has 4 nitrogen and oxygen atoms in total. The third-order valence-electron chi connectivity index (χ3n) is 3.29. The van der Waals surface area contributed by atoms with Gasteiger partial charge in [-0.2, -0.15) is 0 Å². The van der Waals surface area contributed by atoms with E-state index in [2.05, 4.69) is 24.4 Å². The molecule has 0 radical (unpaired) electrons. The van der Waals surface area contributed by atoms with Crippen molar-refractivity contribution in [3.63, 3.8) is 0 Å². The Labute approximate surface area is 107 Å². The van der Waals surface area contributed by atoms with Crippen LogP contribution in [0.1, 0.15) is 25.8 Å². The lowest BCUT2D eigenvalue weighted by Crippen LogP contribution is -2.32. The van der Waals surface area contributed by atoms with E-state index >= 15 is 0 Å². The zero-order chi connectivity index (χ0) is 13.0. The highest BCUT2D eigenvalue weighted by atomic mass is 16.7. The number of hydrogen-bond donors (Lipinski definition) is 1. The standard InChI is InChI=1S/C14H19NO3/c1-3-17-13(16)18-12-9-14(2,15-10-12)11-7-5-4-6-8-11/h4-8,12,15H,3,9-10H2,1-2H3/t12?,14-/m0/s1. The van der Waals surface area contributed by atoms with Gasteiger partial charge in [-0.1, -0.05) is 30.3 Å². The van der Waals surface area contributed by atoms with E-state index in [0.717, 1.165) is 6.42 Å². The predicted octanol–water partition coefficient (Wildman–Crippen LogP) is 2.44. The Kier molecular flexibility index (Phi) is 3.87. The SMILES string of the molecule is CCOC(=O)OC1CN[C@](C)(c2ccccc2)C1. The molecule has 0 amide bonds. The molecule has 98 valence electrons. The van der Waals surface area contributed by atoms with Gasteiger partial charge in [-0.15, -0.1) is 0 Å². The minimum atomic E-state index is -0.582. The molecule has 1 aliphatic rings. The highest BCUT2D eigenvalue weighted by Crippen LogP contribution is 2.31. The van der Waals surface area contributed by atoms with Crippen LogP contribution in [0.2, 0.25) is 0 Å². The number of carbonyl (C=O) groups excluding carboxylic acids is 1. The minimum absolute atomic E-state index is 0.130. The molecule has 0 aliphatic carbocycles. The summed E-state index contributed by atoms with van der Waals surface area (Å²) in [6, 6.07) is 10.2. The number of carbonyl (C=O) groups is 1. The highest BCUT2D eigenvalue weighted by molar-refractivity contribution is 5.60. The topological polar surface area (TPSA) is 47.6 Å². The summed E-state index contributed by atoms with van der Waals surface area (Å²) in [6.45, 7) is 4.89. The van der Waals surface area contributed by atoms with E-state index in [1.165, 1.54) is 5.56 Å². The second kappa shape index (κ2) is 5.40. The molecule has 1 aromatic rings. The molecule has 1 heterocycles. The van der Waals surface area contributed by atoms with Gasteiger partial charge in [0.2, 0.25) is 0 Å². The summed E-state index contributed by atoms with van der Waals surface area (Å²) < 4.78 is 10.0. The Bertz CT molecular complexity index is 407. The molecule has 1 saturated heterocycles. The molecule has 1 aliphatic heterocycles. The van der Waals surface area contributed by atoms with Gasteiger partial charge in [0.15, 0.2) is 0 Å². The van der Waals surface area contributed by atoms with Crippen LogP contribution in [0, 0.1) is 0 Å². The van der Waals surface area contributed by atoms with Crippen LogP contribution in [0.5, 0.6) is 0 Å². The Balaban J connectivity index is 1.97. The molecule has 2 rings (SSSR count). The number of hydrogen-bond acceptors (Lipinski definition) is 4. The van der Waals surface area contributed by atoms with Crippen LogP contribution in [-0.2, 0) is 15.0 Å². The molecular weight excluding hydrogens is 230 g/mol. The van der Waals surface area contributed by atoms with E-state index in [1.54, 1.807) is 6.92 Å². The van der Waals surface area contributed by atoms with Gasteiger partial charge in [-0.05, 0) is 19.4 Å². The summed E-state index contributed by atoms with van der Waals surface area (Å²) in [7, 11) is 0. The average Bonchev–Trinajstić information content (AvgIpc) is 2.74. The quantitative estimate of drug-likeness (QED) is 0.836. The van der Waals surface area contributed by atoms with Gasteiger partial charge in [0.05, 0.1) is 6.61 Å². The van der Waals surface area contributed by atoms with Crippen molar-refractivity contribution in [1.29, 1.82) is 0 Å². The fourth-order valence-corrected chi connectivity index (χ4v) is 2.34. The second-order valence-electron chi connectivity index (χ2n) is 4.71. The van der Waals surface area contributed by atoms with Crippen LogP contribution in [-0.4, -0.2) is 25.4 Å². The number of benzene rings is 1. The van der Waals surface area contributed by atoms with Crippen molar-refractivity contribution in [1.82, 2.24) is 5.32 Å². The van der Waals surface area contributed by atoms with Crippen LogP contribution < -0.4 is 5.32 Å². The maximum absolute atomic E-state index is 11.3. The Morgan fingerprint density at radius 1 is 1.44 bits per heavy atom. The number of rotatable bonds is 3. The molecule has 18 heavy (non-hydrogen) atoms. The van der Waals surface area contributed by atoms with E-state index in [0.29, 0.717) is 13.2 Å². The largest absolute Gasteiger partial charge is 0.508 e. The third-order valence-corrected chi connectivity index (χ3v) is 3.29. The summed E-state index contributed by atoms with van der Waals surface area (Å²) in [6.07, 6.45) is 0.0476. The molecule has 2 atom stereocenters. The van der Waals surface area contributed by atoms with Gasteiger partial charge < -0.3 is 14.8 Å². The molecule has 1 fully saturated rings.